The number of hydrogen-bond acceptors (Lipinski definition) is 10. The van der Waals surface area contributed by atoms with E-state index >= 15 is 0 Å². The van der Waals surface area contributed by atoms with Gasteiger partial charge >= 0.3 is 6.09 Å². The second kappa shape index (κ2) is 15.7. The second-order valence-corrected chi connectivity index (χ2v) is 12.8. The van der Waals surface area contributed by atoms with Crippen molar-refractivity contribution in [2.24, 2.45) is 11.8 Å². The lowest BCUT2D eigenvalue weighted by molar-refractivity contribution is 0.0577. The van der Waals surface area contributed by atoms with Gasteiger partial charge in [0.2, 0.25) is 5.89 Å². The van der Waals surface area contributed by atoms with Crippen LogP contribution in [-0.4, -0.2) is 75.4 Å². The van der Waals surface area contributed by atoms with Crippen LogP contribution in [0.25, 0.3) is 17.1 Å². The lowest BCUT2D eigenvalue weighted by atomic mass is 10.2. The third-order valence-corrected chi connectivity index (χ3v) is 7.70. The molecule has 5 rings (SSSR count). The maximum atomic E-state index is 14.0. The number of aromatic nitrogens is 4. The molecule has 3 aromatic heterocycles. The van der Waals surface area contributed by atoms with E-state index in [1.807, 2.05) is 12.1 Å². The summed E-state index contributed by atoms with van der Waals surface area (Å²) < 4.78 is 45.6. The van der Waals surface area contributed by atoms with Crippen molar-refractivity contribution < 1.29 is 37.4 Å². The van der Waals surface area contributed by atoms with Crippen LogP contribution in [-0.2, 0) is 16.0 Å². The molecule has 1 aliphatic carbocycles. The largest absolute Gasteiger partial charge is 0.444 e. The topological polar surface area (TPSA) is 157 Å². The molecule has 3 N–H and O–H groups in total. The van der Waals surface area contributed by atoms with Gasteiger partial charge in [0.1, 0.15) is 17.7 Å². The lowest BCUT2D eigenvalue weighted by Gasteiger charge is -2.27. The van der Waals surface area contributed by atoms with Crippen LogP contribution < -0.4 is 15.5 Å². The number of pyridine rings is 1. The number of oxazole rings is 1. The third kappa shape index (κ3) is 9.68. The van der Waals surface area contributed by atoms with Gasteiger partial charge in [0.25, 0.3) is 12.3 Å². The molecule has 2 unspecified atom stereocenters. The van der Waals surface area contributed by atoms with Crippen molar-refractivity contribution in [2.75, 3.05) is 43.1 Å². The number of nitrogens with zero attached hydrogens (tertiary/aromatic N) is 5. The molecule has 1 aromatic carbocycles. The van der Waals surface area contributed by atoms with E-state index in [1.54, 1.807) is 45.0 Å². The molecule has 3 heterocycles. The summed E-state index contributed by atoms with van der Waals surface area (Å²) in [5.41, 5.74) is 0.314. The summed E-state index contributed by atoms with van der Waals surface area (Å²) in [6.45, 7) is 9.82. The molecule has 1 saturated carbocycles. The normalized spacial score (nSPS) is 15.8. The number of carbonyl (C=O) groups excluding carboxylic acids is 2. The van der Waals surface area contributed by atoms with E-state index in [0.29, 0.717) is 55.1 Å². The highest BCUT2D eigenvalue weighted by Crippen LogP contribution is 2.39. The van der Waals surface area contributed by atoms with Crippen LogP contribution in [0.15, 0.2) is 59.5 Å². The van der Waals surface area contributed by atoms with E-state index in [4.69, 9.17) is 19.0 Å². The first-order chi connectivity index (χ1) is 23.4. The number of aliphatic hydroxyl groups excluding tert-OH is 1. The van der Waals surface area contributed by atoms with Crippen LogP contribution in [0.5, 0.6) is 0 Å². The first kappa shape index (κ1) is 35.6. The van der Waals surface area contributed by atoms with Gasteiger partial charge in [0, 0.05) is 31.4 Å². The fraction of sp³-hybridized carbons (Fsp3) is 0.441. The summed E-state index contributed by atoms with van der Waals surface area (Å²) in [7, 11) is 0. The number of nitrogens with one attached hydrogen (secondary N) is 2. The van der Waals surface area contributed by atoms with Crippen LogP contribution in [0.1, 0.15) is 62.3 Å². The number of anilines is 2. The Morgan fingerprint density at radius 2 is 1.94 bits per heavy atom. The molecule has 13 nitrogen and oxygen atoms in total. The maximum Gasteiger partial charge on any atom is 0.416 e. The lowest BCUT2D eigenvalue weighted by Crippen LogP contribution is -2.38. The van der Waals surface area contributed by atoms with E-state index in [-0.39, 0.29) is 30.5 Å². The van der Waals surface area contributed by atoms with Gasteiger partial charge in [0.15, 0.2) is 11.4 Å². The van der Waals surface area contributed by atoms with Crippen LogP contribution >= 0.6 is 0 Å². The third-order valence-electron chi connectivity index (χ3n) is 7.70. The molecule has 2 atom stereocenters. The molecule has 2 amide bonds. The van der Waals surface area contributed by atoms with E-state index in [0.717, 1.165) is 18.2 Å². The molecule has 0 aliphatic heterocycles. The van der Waals surface area contributed by atoms with Crippen molar-refractivity contribution in [3.05, 3.63) is 72.0 Å². The Balaban J connectivity index is 1.27. The number of halogens is 2. The van der Waals surface area contributed by atoms with Gasteiger partial charge in [-0.3, -0.25) is 9.69 Å². The highest BCUT2D eigenvalue weighted by molar-refractivity contribution is 6.03. The van der Waals surface area contributed by atoms with Gasteiger partial charge in [-0.1, -0.05) is 19.1 Å². The number of carbonyl (C=O) groups is 2. The number of hydrogen-bond donors (Lipinski definition) is 3. The highest BCUT2D eigenvalue weighted by atomic mass is 19.3. The summed E-state index contributed by atoms with van der Waals surface area (Å²) >= 11 is 0. The zero-order valence-electron chi connectivity index (χ0n) is 27.9. The van der Waals surface area contributed by atoms with Gasteiger partial charge in [-0.25, -0.2) is 28.2 Å². The highest BCUT2D eigenvalue weighted by Gasteiger charge is 2.37. The molecular formula is C34H41F2N7O6. The van der Waals surface area contributed by atoms with Gasteiger partial charge < -0.3 is 29.6 Å². The minimum atomic E-state index is -2.96. The Kier molecular flexibility index (Phi) is 11.4. The van der Waals surface area contributed by atoms with E-state index < -0.39 is 29.7 Å². The molecule has 4 aromatic rings. The van der Waals surface area contributed by atoms with Crippen LogP contribution in [0.3, 0.4) is 0 Å². The Labute approximate surface area is 282 Å². The van der Waals surface area contributed by atoms with Crippen molar-refractivity contribution in [3.8, 4) is 17.1 Å². The second-order valence-electron chi connectivity index (χ2n) is 12.8. The van der Waals surface area contributed by atoms with E-state index in [2.05, 4.69) is 32.6 Å². The Hall–Kier alpha value is -4.73. The molecule has 0 bridgehead atoms. The number of amides is 2. The standard InChI is InChI=1S/C34H41F2N7O6/c1-21-15-24(21)18-42(33(46)49-34(2,3)4)28-16-23(9-10-38-28)32-40-27(20-48-32)31(45)39-26-19-43(41-29(26)30(35)36)25-7-5-22(6-8-25)17-37-11-13-47-14-12-44/h5-10,16,19-21,24,30,37,44H,11-15,17-18H2,1-4H3,(H,39,45). The summed E-state index contributed by atoms with van der Waals surface area (Å²) in [5.74, 6) is 0.468. The van der Waals surface area contributed by atoms with Gasteiger partial charge in [-0.05, 0) is 68.9 Å². The molecule has 49 heavy (non-hydrogen) atoms. The summed E-state index contributed by atoms with van der Waals surface area (Å²) in [6, 6.07) is 10.4. The van der Waals surface area contributed by atoms with Crippen LogP contribution in [0.4, 0.5) is 25.1 Å². The minimum Gasteiger partial charge on any atom is -0.444 e. The molecule has 0 spiro atoms. The molecule has 262 valence electrons. The average Bonchev–Trinajstić information content (AvgIpc) is 3.40. The van der Waals surface area contributed by atoms with Crippen molar-refractivity contribution in [2.45, 2.75) is 52.7 Å². The first-order valence-electron chi connectivity index (χ1n) is 16.0. The first-order valence-corrected chi connectivity index (χ1v) is 16.0. The van der Waals surface area contributed by atoms with Crippen molar-refractivity contribution in [1.29, 1.82) is 0 Å². The smallest absolute Gasteiger partial charge is 0.416 e. The van der Waals surface area contributed by atoms with Crippen molar-refractivity contribution in [1.82, 2.24) is 25.1 Å². The Morgan fingerprint density at radius 3 is 2.61 bits per heavy atom. The predicted molar refractivity (Wildman–Crippen MR) is 177 cm³/mol. The van der Waals surface area contributed by atoms with Crippen LogP contribution in [0, 0.1) is 11.8 Å². The average molecular weight is 682 g/mol. The van der Waals surface area contributed by atoms with E-state index in [1.165, 1.54) is 22.0 Å². The van der Waals surface area contributed by atoms with E-state index in [9.17, 15) is 18.4 Å². The number of aliphatic hydroxyl groups is 1. The van der Waals surface area contributed by atoms with Crippen molar-refractivity contribution in [3.63, 3.8) is 0 Å². The maximum absolute atomic E-state index is 14.0. The SMILES string of the molecule is CC1CC1CN(C(=O)OC(C)(C)C)c1cc(-c2nc(C(=O)Nc3cn(-c4ccc(CNCCOCCO)cc4)nc3C(F)F)co2)ccn1. The molecular weight excluding hydrogens is 640 g/mol. The summed E-state index contributed by atoms with van der Waals surface area (Å²) in [4.78, 5) is 36.4. The fourth-order valence-electron chi connectivity index (χ4n) is 4.95. The minimum absolute atomic E-state index is 0.0272. The fourth-order valence-corrected chi connectivity index (χ4v) is 4.95. The zero-order valence-corrected chi connectivity index (χ0v) is 27.9. The molecule has 1 aliphatic rings. The molecule has 0 saturated heterocycles. The molecule has 15 heteroatoms. The molecule has 1 fully saturated rings. The summed E-state index contributed by atoms with van der Waals surface area (Å²) in [5, 5.41) is 18.5. The number of alkyl halides is 2. The predicted octanol–water partition coefficient (Wildman–Crippen LogP) is 5.61. The van der Waals surface area contributed by atoms with Crippen LogP contribution in [0.2, 0.25) is 0 Å². The van der Waals surface area contributed by atoms with Crippen molar-refractivity contribution >= 4 is 23.5 Å². The number of rotatable bonds is 15. The Morgan fingerprint density at radius 1 is 1.18 bits per heavy atom. The number of ether oxygens (including phenoxy) is 2. The quantitative estimate of drug-likeness (QED) is 0.135. The van der Waals surface area contributed by atoms with Gasteiger partial charge in [-0.15, -0.1) is 0 Å². The Bertz CT molecular complexity index is 1720. The zero-order chi connectivity index (χ0) is 35.1. The number of benzene rings is 1. The van der Waals surface area contributed by atoms with Gasteiger partial charge in [-0.2, -0.15) is 5.10 Å². The van der Waals surface area contributed by atoms with Gasteiger partial charge in [0.05, 0.1) is 37.4 Å². The summed E-state index contributed by atoms with van der Waals surface area (Å²) in [6.07, 6.45) is 1.46. The monoisotopic (exact) mass is 681 g/mol. The molecule has 0 radical (unpaired) electrons.